The second-order valence-corrected chi connectivity index (χ2v) is 5.69. The Morgan fingerprint density at radius 2 is 2.55 bits per heavy atom. The number of rotatable bonds is 5. The van der Waals surface area contributed by atoms with Gasteiger partial charge in [-0.2, -0.15) is 5.26 Å². The molecule has 1 amide bonds. The zero-order valence-electron chi connectivity index (χ0n) is 11.6. The molecule has 0 saturated carbocycles. The molecule has 1 N–H and O–H groups in total. The van der Waals surface area contributed by atoms with Gasteiger partial charge in [-0.1, -0.05) is 6.92 Å². The van der Waals surface area contributed by atoms with E-state index in [0.29, 0.717) is 17.0 Å². The van der Waals surface area contributed by atoms with Crippen LogP contribution in [0.15, 0.2) is 11.4 Å². The molecule has 0 unspecified atom stereocenters. The van der Waals surface area contributed by atoms with Gasteiger partial charge < -0.3 is 10.1 Å². The largest absolute Gasteiger partial charge is 0.376 e. The first-order chi connectivity index (χ1) is 9.72. The Labute approximate surface area is 123 Å². The van der Waals surface area contributed by atoms with Crippen molar-refractivity contribution in [2.24, 2.45) is 0 Å². The Balaban J connectivity index is 1.76. The third-order valence-corrected chi connectivity index (χ3v) is 4.20. The molecule has 1 saturated heterocycles. The summed E-state index contributed by atoms with van der Waals surface area (Å²) >= 11 is 1.38. The molecule has 1 aromatic heterocycles. The van der Waals surface area contributed by atoms with Crippen LogP contribution in [-0.2, 0) is 9.53 Å². The lowest BCUT2D eigenvalue weighted by Gasteiger charge is -2.32. The molecular formula is C14H19N3O2S. The summed E-state index contributed by atoms with van der Waals surface area (Å²) in [6.07, 6.45) is 1.73. The van der Waals surface area contributed by atoms with Gasteiger partial charge in [0.05, 0.1) is 18.3 Å². The Kier molecular flexibility index (Phi) is 5.53. The van der Waals surface area contributed by atoms with E-state index < -0.39 is 0 Å². The van der Waals surface area contributed by atoms with Crippen molar-refractivity contribution in [1.82, 2.24) is 4.90 Å². The predicted octanol–water partition coefficient (Wildman–Crippen LogP) is 2.06. The SMILES string of the molecule is CC[C@@H]1CN(CCC(=O)Nc2sccc2C#N)CCO1. The third-order valence-electron chi connectivity index (χ3n) is 3.37. The van der Waals surface area contributed by atoms with Crippen molar-refractivity contribution in [3.8, 4) is 6.07 Å². The molecule has 1 fully saturated rings. The maximum absolute atomic E-state index is 11.9. The van der Waals surface area contributed by atoms with E-state index in [0.717, 1.165) is 32.7 Å². The topological polar surface area (TPSA) is 65.4 Å². The molecule has 0 spiro atoms. The monoisotopic (exact) mass is 293 g/mol. The van der Waals surface area contributed by atoms with E-state index in [9.17, 15) is 4.79 Å². The second kappa shape index (κ2) is 7.39. The number of nitrogens with one attached hydrogen (secondary N) is 1. The molecule has 1 aromatic rings. The minimum Gasteiger partial charge on any atom is -0.376 e. The Hall–Kier alpha value is -1.42. The number of carbonyl (C=O) groups is 1. The fourth-order valence-electron chi connectivity index (χ4n) is 2.17. The van der Waals surface area contributed by atoms with Crippen molar-refractivity contribution >= 4 is 22.2 Å². The van der Waals surface area contributed by atoms with Crippen LogP contribution in [0.3, 0.4) is 0 Å². The number of morpholine rings is 1. The van der Waals surface area contributed by atoms with Crippen molar-refractivity contribution in [2.45, 2.75) is 25.9 Å². The molecule has 0 aromatic carbocycles. The van der Waals surface area contributed by atoms with Crippen LogP contribution in [-0.4, -0.2) is 43.2 Å². The highest BCUT2D eigenvalue weighted by Crippen LogP contribution is 2.22. The minimum absolute atomic E-state index is 0.0384. The fraction of sp³-hybridized carbons (Fsp3) is 0.571. The van der Waals surface area contributed by atoms with E-state index in [1.54, 1.807) is 6.07 Å². The summed E-state index contributed by atoms with van der Waals surface area (Å²) in [7, 11) is 0. The molecule has 1 atom stereocenters. The molecule has 2 rings (SSSR count). The summed E-state index contributed by atoms with van der Waals surface area (Å²) in [6, 6.07) is 3.78. The summed E-state index contributed by atoms with van der Waals surface area (Å²) in [5.74, 6) is -0.0384. The van der Waals surface area contributed by atoms with Gasteiger partial charge in [-0.25, -0.2) is 0 Å². The summed E-state index contributed by atoms with van der Waals surface area (Å²) in [6.45, 7) is 5.36. The number of hydrogen-bond donors (Lipinski definition) is 1. The van der Waals surface area contributed by atoms with Gasteiger partial charge >= 0.3 is 0 Å². The fourth-order valence-corrected chi connectivity index (χ4v) is 2.93. The number of carbonyl (C=O) groups excluding carboxylic acids is 1. The summed E-state index contributed by atoms with van der Waals surface area (Å²) in [4.78, 5) is 14.2. The number of nitrogens with zero attached hydrogens (tertiary/aromatic N) is 2. The molecule has 0 bridgehead atoms. The zero-order chi connectivity index (χ0) is 14.4. The van der Waals surface area contributed by atoms with E-state index in [-0.39, 0.29) is 12.0 Å². The van der Waals surface area contributed by atoms with E-state index in [2.05, 4.69) is 23.2 Å². The van der Waals surface area contributed by atoms with Crippen LogP contribution in [0.5, 0.6) is 0 Å². The van der Waals surface area contributed by atoms with Crippen LogP contribution < -0.4 is 5.32 Å². The van der Waals surface area contributed by atoms with Gasteiger partial charge in [-0.05, 0) is 17.9 Å². The molecule has 1 aliphatic heterocycles. The van der Waals surface area contributed by atoms with E-state index in [1.165, 1.54) is 11.3 Å². The normalized spacial score (nSPS) is 19.5. The summed E-state index contributed by atoms with van der Waals surface area (Å²) < 4.78 is 5.60. The standard InChI is InChI=1S/C14H19N3O2S/c1-2-12-10-17(6-7-19-12)5-3-13(18)16-14-11(9-15)4-8-20-14/h4,8,12H,2-3,5-7,10H2,1H3,(H,16,18)/t12-/m1/s1. The first-order valence-corrected chi connectivity index (χ1v) is 7.72. The van der Waals surface area contributed by atoms with Gasteiger partial charge in [0, 0.05) is 26.1 Å². The van der Waals surface area contributed by atoms with E-state index >= 15 is 0 Å². The highest BCUT2D eigenvalue weighted by atomic mass is 32.1. The lowest BCUT2D eigenvalue weighted by molar-refractivity contribution is -0.117. The number of nitriles is 1. The van der Waals surface area contributed by atoms with Gasteiger partial charge in [0.25, 0.3) is 0 Å². The van der Waals surface area contributed by atoms with Gasteiger partial charge in [0.1, 0.15) is 11.1 Å². The van der Waals surface area contributed by atoms with Gasteiger partial charge in [0.15, 0.2) is 0 Å². The second-order valence-electron chi connectivity index (χ2n) is 4.78. The Morgan fingerprint density at radius 1 is 1.70 bits per heavy atom. The Morgan fingerprint density at radius 3 is 3.30 bits per heavy atom. The molecule has 1 aliphatic rings. The van der Waals surface area contributed by atoms with Crippen LogP contribution in [0, 0.1) is 11.3 Å². The van der Waals surface area contributed by atoms with Crippen LogP contribution >= 0.6 is 11.3 Å². The number of hydrogen-bond acceptors (Lipinski definition) is 5. The van der Waals surface area contributed by atoms with Gasteiger partial charge in [-0.3, -0.25) is 9.69 Å². The van der Waals surface area contributed by atoms with Crippen molar-refractivity contribution in [2.75, 3.05) is 31.6 Å². The number of ether oxygens (including phenoxy) is 1. The van der Waals surface area contributed by atoms with Crippen molar-refractivity contribution < 1.29 is 9.53 Å². The molecule has 20 heavy (non-hydrogen) atoms. The maximum Gasteiger partial charge on any atom is 0.226 e. The predicted molar refractivity (Wildman–Crippen MR) is 78.8 cm³/mol. The lowest BCUT2D eigenvalue weighted by Crippen LogP contribution is -2.43. The van der Waals surface area contributed by atoms with Crippen molar-refractivity contribution in [1.29, 1.82) is 5.26 Å². The molecule has 108 valence electrons. The minimum atomic E-state index is -0.0384. The molecule has 0 aliphatic carbocycles. The number of thiophene rings is 1. The quantitative estimate of drug-likeness (QED) is 0.902. The zero-order valence-corrected chi connectivity index (χ0v) is 12.4. The van der Waals surface area contributed by atoms with Crippen LogP contribution in [0.1, 0.15) is 25.3 Å². The molecular weight excluding hydrogens is 274 g/mol. The Bertz CT molecular complexity index is 495. The smallest absolute Gasteiger partial charge is 0.226 e. The maximum atomic E-state index is 11.9. The summed E-state index contributed by atoms with van der Waals surface area (Å²) in [5, 5.41) is 14.2. The van der Waals surface area contributed by atoms with Crippen LogP contribution in [0.25, 0.3) is 0 Å². The van der Waals surface area contributed by atoms with Crippen molar-refractivity contribution in [3.05, 3.63) is 17.0 Å². The first-order valence-electron chi connectivity index (χ1n) is 6.84. The average Bonchev–Trinajstić information content (AvgIpc) is 2.92. The van der Waals surface area contributed by atoms with Crippen LogP contribution in [0.4, 0.5) is 5.00 Å². The molecule has 0 radical (unpaired) electrons. The highest BCUT2D eigenvalue weighted by Gasteiger charge is 2.19. The number of amides is 1. The lowest BCUT2D eigenvalue weighted by atomic mass is 10.2. The summed E-state index contributed by atoms with van der Waals surface area (Å²) in [5.41, 5.74) is 0.528. The average molecular weight is 293 g/mol. The van der Waals surface area contributed by atoms with Gasteiger partial charge in [-0.15, -0.1) is 11.3 Å². The number of anilines is 1. The highest BCUT2D eigenvalue weighted by molar-refractivity contribution is 7.14. The van der Waals surface area contributed by atoms with E-state index in [1.807, 2.05) is 5.38 Å². The van der Waals surface area contributed by atoms with E-state index in [4.69, 9.17) is 10.00 Å². The van der Waals surface area contributed by atoms with Gasteiger partial charge in [0.2, 0.25) is 5.91 Å². The third kappa shape index (κ3) is 4.04. The van der Waals surface area contributed by atoms with Crippen LogP contribution in [0.2, 0.25) is 0 Å². The molecule has 5 nitrogen and oxygen atoms in total. The first kappa shape index (κ1) is 15.0. The molecule has 6 heteroatoms. The molecule has 2 heterocycles. The van der Waals surface area contributed by atoms with Crippen molar-refractivity contribution in [3.63, 3.8) is 0 Å².